The number of nitrogens with zero attached hydrogens (tertiary/aromatic N) is 1. The number of anilines is 1. The van der Waals surface area contributed by atoms with Crippen LogP contribution in [0.3, 0.4) is 0 Å². The minimum atomic E-state index is -0.777. The summed E-state index contributed by atoms with van der Waals surface area (Å²) in [6.07, 6.45) is 4.41. The van der Waals surface area contributed by atoms with Gasteiger partial charge < -0.3 is 4.74 Å². The molecule has 10 heteroatoms. The van der Waals surface area contributed by atoms with Crippen molar-refractivity contribution >= 4 is 46.9 Å². The van der Waals surface area contributed by atoms with Crippen molar-refractivity contribution in [2.45, 2.75) is 13.3 Å². The second kappa shape index (κ2) is 10.1. The summed E-state index contributed by atoms with van der Waals surface area (Å²) < 4.78 is 4.97. The van der Waals surface area contributed by atoms with Crippen LogP contribution in [0, 0.1) is 17.8 Å². The predicted octanol–water partition coefficient (Wildman–Crippen LogP) is 2.66. The maximum atomic E-state index is 12.9. The monoisotopic (exact) mass is 495 g/mol. The number of halogens is 1. The molecule has 0 radical (unpaired) electrons. The van der Waals surface area contributed by atoms with E-state index in [-0.39, 0.29) is 40.7 Å². The number of carbonyl (C=O) groups is 5. The number of benzene rings is 2. The van der Waals surface area contributed by atoms with Crippen LogP contribution in [0.15, 0.2) is 60.7 Å². The summed E-state index contributed by atoms with van der Waals surface area (Å²) >= 11 is 5.77. The van der Waals surface area contributed by atoms with E-state index in [1.165, 1.54) is 53.4 Å². The molecule has 9 nitrogen and oxygen atoms in total. The predicted molar refractivity (Wildman–Crippen MR) is 126 cm³/mol. The number of nitrogens with one attached hydrogen (secondary N) is 2. The fourth-order valence-electron chi connectivity index (χ4n) is 4.20. The topological polar surface area (TPSA) is 122 Å². The maximum Gasteiger partial charge on any atom is 0.338 e. The first kappa shape index (κ1) is 24.2. The van der Waals surface area contributed by atoms with Crippen molar-refractivity contribution in [3.05, 3.63) is 76.8 Å². The minimum Gasteiger partial charge on any atom is -0.452 e. The van der Waals surface area contributed by atoms with Crippen LogP contribution in [-0.4, -0.2) is 36.2 Å². The molecule has 3 atom stereocenters. The van der Waals surface area contributed by atoms with Gasteiger partial charge in [0, 0.05) is 10.6 Å². The van der Waals surface area contributed by atoms with Crippen LogP contribution in [0.1, 0.15) is 34.1 Å². The molecule has 2 N–H and O–H groups in total. The molecule has 1 aliphatic heterocycles. The van der Waals surface area contributed by atoms with Crippen molar-refractivity contribution < 1.29 is 28.7 Å². The van der Waals surface area contributed by atoms with Crippen molar-refractivity contribution in [2.24, 2.45) is 17.8 Å². The molecule has 0 bridgehead atoms. The Morgan fingerprint density at radius 3 is 2.29 bits per heavy atom. The molecule has 1 saturated heterocycles. The van der Waals surface area contributed by atoms with E-state index in [1.54, 1.807) is 0 Å². The molecule has 2 aromatic rings. The summed E-state index contributed by atoms with van der Waals surface area (Å²) in [5, 5.41) is 0.467. The van der Waals surface area contributed by atoms with E-state index >= 15 is 0 Å². The van der Waals surface area contributed by atoms with E-state index in [0.29, 0.717) is 17.1 Å². The lowest BCUT2D eigenvalue weighted by Crippen LogP contribution is -2.43. The van der Waals surface area contributed by atoms with Crippen molar-refractivity contribution in [1.82, 2.24) is 10.9 Å². The highest BCUT2D eigenvalue weighted by molar-refractivity contribution is 6.30. The van der Waals surface area contributed by atoms with Gasteiger partial charge >= 0.3 is 5.97 Å². The molecule has 4 rings (SSSR count). The lowest BCUT2D eigenvalue weighted by atomic mass is 9.78. The number of allylic oxidation sites excluding steroid dienone is 2. The van der Waals surface area contributed by atoms with Gasteiger partial charge in [0.05, 0.1) is 23.1 Å². The Morgan fingerprint density at radius 2 is 1.63 bits per heavy atom. The van der Waals surface area contributed by atoms with Crippen LogP contribution in [-0.2, 0) is 19.1 Å². The lowest BCUT2D eigenvalue weighted by Gasteiger charge is -2.22. The zero-order chi connectivity index (χ0) is 25.1. The Labute approximate surface area is 206 Å². The number of hydrogen-bond donors (Lipinski definition) is 2. The van der Waals surface area contributed by atoms with E-state index in [0.717, 1.165) is 0 Å². The smallest absolute Gasteiger partial charge is 0.338 e. The summed E-state index contributed by atoms with van der Waals surface area (Å²) in [5.41, 5.74) is 5.15. The largest absolute Gasteiger partial charge is 0.452 e. The molecule has 1 aliphatic carbocycles. The van der Waals surface area contributed by atoms with Gasteiger partial charge in [0.1, 0.15) is 0 Å². The van der Waals surface area contributed by atoms with Gasteiger partial charge in [-0.2, -0.15) is 0 Å². The third-order valence-electron chi connectivity index (χ3n) is 5.99. The highest BCUT2D eigenvalue weighted by atomic mass is 35.5. The number of fused-ring (bicyclic) bond motifs is 1. The van der Waals surface area contributed by atoms with E-state index < -0.39 is 24.4 Å². The maximum absolute atomic E-state index is 12.9. The first-order valence-electron chi connectivity index (χ1n) is 10.9. The third-order valence-corrected chi connectivity index (χ3v) is 6.24. The summed E-state index contributed by atoms with van der Waals surface area (Å²) in [5.74, 6) is -3.34. The molecule has 1 heterocycles. The number of imide groups is 1. The Kier molecular flexibility index (Phi) is 6.97. The van der Waals surface area contributed by atoms with Crippen molar-refractivity contribution in [2.75, 3.05) is 11.5 Å². The molecule has 0 unspecified atom stereocenters. The van der Waals surface area contributed by atoms with Crippen LogP contribution >= 0.6 is 11.6 Å². The van der Waals surface area contributed by atoms with Gasteiger partial charge in [0.25, 0.3) is 11.8 Å². The fraction of sp³-hybridized carbons (Fsp3) is 0.240. The number of ether oxygens (including phenoxy) is 1. The number of rotatable bonds is 5. The molecule has 0 saturated carbocycles. The number of carbonyl (C=O) groups excluding carboxylic acids is 5. The Hall–Kier alpha value is -3.98. The number of hydrazine groups is 1. The second-order valence-electron chi connectivity index (χ2n) is 8.30. The van der Waals surface area contributed by atoms with Gasteiger partial charge in [-0.15, -0.1) is 0 Å². The van der Waals surface area contributed by atoms with Gasteiger partial charge in [-0.1, -0.05) is 30.7 Å². The molecule has 2 aromatic carbocycles. The number of esters is 1. The van der Waals surface area contributed by atoms with Crippen LogP contribution in [0.5, 0.6) is 0 Å². The third kappa shape index (κ3) is 5.09. The molecule has 35 heavy (non-hydrogen) atoms. The van der Waals surface area contributed by atoms with Gasteiger partial charge in [0.15, 0.2) is 6.61 Å². The molecular formula is C25H22ClN3O6. The summed E-state index contributed by atoms with van der Waals surface area (Å²) in [4.78, 5) is 63.0. The molecular weight excluding hydrogens is 474 g/mol. The van der Waals surface area contributed by atoms with E-state index in [9.17, 15) is 24.0 Å². The first-order valence-corrected chi connectivity index (χ1v) is 11.3. The van der Waals surface area contributed by atoms with Gasteiger partial charge in [-0.3, -0.25) is 34.9 Å². The average molecular weight is 496 g/mol. The zero-order valence-electron chi connectivity index (χ0n) is 18.7. The highest BCUT2D eigenvalue weighted by Crippen LogP contribution is 2.40. The van der Waals surface area contributed by atoms with Crippen molar-refractivity contribution in [3.63, 3.8) is 0 Å². The Balaban J connectivity index is 1.29. The van der Waals surface area contributed by atoms with Gasteiger partial charge in [0.2, 0.25) is 11.8 Å². The minimum absolute atomic E-state index is 0.0217. The summed E-state index contributed by atoms with van der Waals surface area (Å²) in [6, 6.07) is 11.9. The Morgan fingerprint density at radius 1 is 0.971 bits per heavy atom. The summed E-state index contributed by atoms with van der Waals surface area (Å²) in [6.45, 7) is 1.29. The SMILES string of the molecule is C[C@@H]1C=CC[C@H]2C(=O)N(c3ccc(C(=O)OCC(=O)NNC(=O)c4ccc(Cl)cc4)cc3)C(=O)[C@H]12. The average Bonchev–Trinajstić information content (AvgIpc) is 3.12. The van der Waals surface area contributed by atoms with Crippen molar-refractivity contribution in [1.29, 1.82) is 0 Å². The van der Waals surface area contributed by atoms with Gasteiger partial charge in [-0.05, 0) is 60.9 Å². The molecule has 1 fully saturated rings. The van der Waals surface area contributed by atoms with Crippen molar-refractivity contribution in [3.8, 4) is 0 Å². The highest BCUT2D eigenvalue weighted by Gasteiger charge is 2.50. The first-order chi connectivity index (χ1) is 16.8. The molecule has 0 spiro atoms. The lowest BCUT2D eigenvalue weighted by molar-refractivity contribution is -0.125. The van der Waals surface area contributed by atoms with Crippen LogP contribution < -0.4 is 15.8 Å². The summed E-state index contributed by atoms with van der Waals surface area (Å²) in [7, 11) is 0. The van der Waals surface area contributed by atoms with Crippen LogP contribution in [0.25, 0.3) is 0 Å². The van der Waals surface area contributed by atoms with E-state index in [1.807, 2.05) is 19.1 Å². The zero-order valence-corrected chi connectivity index (χ0v) is 19.5. The van der Waals surface area contributed by atoms with E-state index in [2.05, 4.69) is 10.9 Å². The fourth-order valence-corrected chi connectivity index (χ4v) is 4.32. The number of amides is 4. The van der Waals surface area contributed by atoms with Gasteiger partial charge in [-0.25, -0.2) is 4.79 Å². The van der Waals surface area contributed by atoms with Crippen LogP contribution in [0.4, 0.5) is 5.69 Å². The second-order valence-corrected chi connectivity index (χ2v) is 8.74. The molecule has 2 aliphatic rings. The molecule has 180 valence electrons. The van der Waals surface area contributed by atoms with E-state index in [4.69, 9.17) is 16.3 Å². The molecule has 4 amide bonds. The standard InChI is InChI=1S/C25H22ClN3O6/c1-14-3-2-4-19-21(14)24(33)29(23(19)32)18-11-7-16(8-12-18)25(34)35-13-20(30)27-28-22(31)15-5-9-17(26)10-6-15/h2-3,5-12,14,19,21H,4,13H2,1H3,(H,27,30)(H,28,31)/t14-,19-,21-/m1/s1. The van der Waals surface area contributed by atoms with Crippen LogP contribution in [0.2, 0.25) is 5.02 Å². The molecule has 0 aromatic heterocycles. The number of hydrogen-bond acceptors (Lipinski definition) is 6. The Bertz CT molecular complexity index is 1210. The normalized spacial score (nSPS) is 20.9. The quantitative estimate of drug-likeness (QED) is 0.284.